The van der Waals surface area contributed by atoms with Gasteiger partial charge in [0.1, 0.15) is 11.6 Å². The Labute approximate surface area is 187 Å². The molecule has 9 heteroatoms. The van der Waals surface area contributed by atoms with Crippen molar-refractivity contribution in [2.45, 2.75) is 32.2 Å². The van der Waals surface area contributed by atoms with E-state index in [1.165, 1.54) is 23.9 Å². The Hall–Kier alpha value is -2.09. The van der Waals surface area contributed by atoms with Gasteiger partial charge in [0.2, 0.25) is 0 Å². The van der Waals surface area contributed by atoms with Gasteiger partial charge < -0.3 is 10.1 Å². The summed E-state index contributed by atoms with van der Waals surface area (Å²) in [5, 5.41) is 11.0. The second-order valence-electron chi connectivity index (χ2n) is 6.59. The lowest BCUT2D eigenvalue weighted by molar-refractivity contribution is -0.137. The zero-order valence-corrected chi connectivity index (χ0v) is 18.5. The number of carboxylic acid groups (broad SMARTS) is 1. The van der Waals surface area contributed by atoms with E-state index in [1.807, 2.05) is 6.92 Å². The summed E-state index contributed by atoms with van der Waals surface area (Å²) in [5.74, 6) is 0.318. The highest BCUT2D eigenvalue weighted by Gasteiger charge is 2.24. The van der Waals surface area contributed by atoms with E-state index < -0.39 is 12.0 Å². The number of aryl methyl sites for hydroxylation is 1. The summed E-state index contributed by atoms with van der Waals surface area (Å²) in [6.45, 7) is 2.01. The maximum absolute atomic E-state index is 12.7. The molecule has 0 bridgehead atoms. The lowest BCUT2D eigenvalue weighted by Gasteiger charge is -2.06. The standard InChI is InChI=1S/C12H11Cl2NO2S.C9H9FN2/c13-8-2-1-3-9(14)7(8)4-5-11-15-10(6-18-11)12(16)17;1-2-9-11-7-4-3-6(10)5-8(7)12-9/h1-3,10H,4-6H2,(H,16,17);3-5H,2H2,1H3,(H,11,12). The van der Waals surface area contributed by atoms with Crippen molar-refractivity contribution in [3.63, 3.8) is 0 Å². The predicted molar refractivity (Wildman–Crippen MR) is 122 cm³/mol. The minimum absolute atomic E-state index is 0.228. The van der Waals surface area contributed by atoms with Crippen LogP contribution in [-0.4, -0.2) is 37.9 Å². The second-order valence-corrected chi connectivity index (χ2v) is 8.49. The molecule has 4 rings (SSSR count). The van der Waals surface area contributed by atoms with Gasteiger partial charge in [-0.3, -0.25) is 4.99 Å². The number of carbonyl (C=O) groups is 1. The van der Waals surface area contributed by atoms with Crippen LogP contribution in [0.5, 0.6) is 0 Å². The first-order valence-electron chi connectivity index (χ1n) is 9.36. The highest BCUT2D eigenvalue weighted by molar-refractivity contribution is 8.14. The molecule has 30 heavy (non-hydrogen) atoms. The molecular weight excluding hydrogens is 448 g/mol. The summed E-state index contributed by atoms with van der Waals surface area (Å²) in [5.41, 5.74) is 2.49. The van der Waals surface area contributed by atoms with Gasteiger partial charge in [-0.05, 0) is 48.7 Å². The third kappa shape index (κ3) is 5.74. The molecule has 1 aromatic heterocycles. The van der Waals surface area contributed by atoms with E-state index in [-0.39, 0.29) is 5.82 Å². The summed E-state index contributed by atoms with van der Waals surface area (Å²) in [6.07, 6.45) is 2.20. The van der Waals surface area contributed by atoms with Crippen LogP contribution in [0, 0.1) is 5.82 Å². The number of imidazole rings is 1. The number of nitrogens with zero attached hydrogens (tertiary/aromatic N) is 2. The summed E-state index contributed by atoms with van der Waals surface area (Å²) >= 11 is 13.6. The number of nitrogens with one attached hydrogen (secondary N) is 1. The van der Waals surface area contributed by atoms with Gasteiger partial charge in [0.15, 0.2) is 6.04 Å². The van der Waals surface area contributed by atoms with Crippen LogP contribution in [0.3, 0.4) is 0 Å². The maximum atomic E-state index is 12.7. The van der Waals surface area contributed by atoms with Gasteiger partial charge >= 0.3 is 5.97 Å². The smallest absolute Gasteiger partial charge is 0.329 e. The topological polar surface area (TPSA) is 78.3 Å². The average Bonchev–Trinajstić information content (AvgIpc) is 3.34. The van der Waals surface area contributed by atoms with Crippen LogP contribution in [0.15, 0.2) is 41.4 Å². The molecule has 158 valence electrons. The van der Waals surface area contributed by atoms with Crippen LogP contribution in [0.2, 0.25) is 10.0 Å². The third-order valence-corrected chi connectivity index (χ3v) is 6.30. The molecule has 2 heterocycles. The number of H-pyrrole nitrogens is 1. The van der Waals surface area contributed by atoms with Gasteiger partial charge in [0, 0.05) is 22.2 Å². The monoisotopic (exact) mass is 467 g/mol. The molecule has 0 amide bonds. The Bertz CT molecular complexity index is 1070. The molecule has 2 aromatic carbocycles. The van der Waals surface area contributed by atoms with Gasteiger partial charge in [0.05, 0.1) is 16.1 Å². The van der Waals surface area contributed by atoms with E-state index in [4.69, 9.17) is 28.3 Å². The van der Waals surface area contributed by atoms with Crippen LogP contribution in [0.1, 0.15) is 24.7 Å². The largest absolute Gasteiger partial charge is 0.480 e. The predicted octanol–water partition coefficient (Wildman–Crippen LogP) is 5.79. The molecule has 5 nitrogen and oxygen atoms in total. The summed E-state index contributed by atoms with van der Waals surface area (Å²) < 4.78 is 12.7. The minimum atomic E-state index is -0.867. The van der Waals surface area contributed by atoms with Crippen molar-refractivity contribution in [3.05, 3.63) is 63.6 Å². The summed E-state index contributed by atoms with van der Waals surface area (Å²) in [6, 6.07) is 9.35. The number of rotatable bonds is 5. The van der Waals surface area contributed by atoms with Crippen molar-refractivity contribution in [2.75, 3.05) is 5.75 Å². The SMILES string of the molecule is CCc1nc2ccc(F)cc2[nH]1.O=C(O)C1CSC(CCc2c(Cl)cccc2Cl)=N1. The Morgan fingerprint density at radius 2 is 2.00 bits per heavy atom. The summed E-state index contributed by atoms with van der Waals surface area (Å²) in [4.78, 5) is 22.2. The first kappa shape index (κ1) is 22.6. The van der Waals surface area contributed by atoms with Crippen LogP contribution < -0.4 is 0 Å². The van der Waals surface area contributed by atoms with Crippen molar-refractivity contribution in [2.24, 2.45) is 4.99 Å². The van der Waals surface area contributed by atoms with Gasteiger partial charge in [-0.15, -0.1) is 11.8 Å². The molecule has 0 radical (unpaired) electrons. The zero-order chi connectivity index (χ0) is 21.7. The lowest BCUT2D eigenvalue weighted by Crippen LogP contribution is -2.17. The van der Waals surface area contributed by atoms with Crippen LogP contribution in [-0.2, 0) is 17.6 Å². The van der Waals surface area contributed by atoms with E-state index in [9.17, 15) is 9.18 Å². The molecular formula is C21H20Cl2FN3O2S. The summed E-state index contributed by atoms with van der Waals surface area (Å²) in [7, 11) is 0. The fourth-order valence-electron chi connectivity index (χ4n) is 2.89. The number of aliphatic carboxylic acids is 1. The number of aromatic amines is 1. The molecule has 1 atom stereocenters. The van der Waals surface area contributed by atoms with Crippen molar-refractivity contribution < 1.29 is 14.3 Å². The Kier molecular flexibility index (Phi) is 7.75. The maximum Gasteiger partial charge on any atom is 0.329 e. The minimum Gasteiger partial charge on any atom is -0.480 e. The molecule has 0 fully saturated rings. The Morgan fingerprint density at radius 1 is 1.27 bits per heavy atom. The number of aromatic nitrogens is 2. The van der Waals surface area contributed by atoms with Crippen LogP contribution in [0.4, 0.5) is 4.39 Å². The number of thioether (sulfide) groups is 1. The molecule has 2 N–H and O–H groups in total. The van der Waals surface area contributed by atoms with E-state index >= 15 is 0 Å². The van der Waals surface area contributed by atoms with Crippen molar-refractivity contribution in [3.8, 4) is 0 Å². The van der Waals surface area contributed by atoms with Gasteiger partial charge in [0.25, 0.3) is 0 Å². The van der Waals surface area contributed by atoms with Crippen LogP contribution >= 0.6 is 35.0 Å². The normalized spacial score (nSPS) is 15.6. The zero-order valence-electron chi connectivity index (χ0n) is 16.2. The fraction of sp³-hybridized carbons (Fsp3) is 0.286. The fourth-order valence-corrected chi connectivity index (χ4v) is 4.49. The van der Waals surface area contributed by atoms with Crippen molar-refractivity contribution in [1.29, 1.82) is 0 Å². The molecule has 1 aliphatic rings. The van der Waals surface area contributed by atoms with E-state index in [1.54, 1.807) is 24.3 Å². The number of hydrogen-bond acceptors (Lipinski definition) is 4. The van der Waals surface area contributed by atoms with Crippen LogP contribution in [0.25, 0.3) is 11.0 Å². The average molecular weight is 468 g/mol. The number of halogens is 3. The van der Waals surface area contributed by atoms with Gasteiger partial charge in [-0.25, -0.2) is 14.2 Å². The lowest BCUT2D eigenvalue weighted by atomic mass is 10.1. The van der Waals surface area contributed by atoms with E-state index in [0.717, 1.165) is 33.9 Å². The Morgan fingerprint density at radius 3 is 2.63 bits per heavy atom. The van der Waals surface area contributed by atoms with Crippen molar-refractivity contribution in [1.82, 2.24) is 9.97 Å². The van der Waals surface area contributed by atoms with E-state index in [0.29, 0.717) is 28.6 Å². The highest BCUT2D eigenvalue weighted by Crippen LogP contribution is 2.28. The number of carboxylic acids is 1. The van der Waals surface area contributed by atoms with Gasteiger partial charge in [-0.1, -0.05) is 36.2 Å². The van der Waals surface area contributed by atoms with Gasteiger partial charge in [-0.2, -0.15) is 0 Å². The molecule has 3 aromatic rings. The second kappa shape index (κ2) is 10.3. The highest BCUT2D eigenvalue weighted by atomic mass is 35.5. The molecule has 0 saturated carbocycles. The number of fused-ring (bicyclic) bond motifs is 1. The number of aliphatic imine (C=N–C) groups is 1. The molecule has 1 unspecified atom stereocenters. The molecule has 0 aliphatic carbocycles. The molecule has 0 spiro atoms. The first-order chi connectivity index (χ1) is 14.4. The first-order valence-corrected chi connectivity index (χ1v) is 11.1. The molecule has 1 aliphatic heterocycles. The Balaban J connectivity index is 0.000000184. The van der Waals surface area contributed by atoms with E-state index in [2.05, 4.69) is 15.0 Å². The van der Waals surface area contributed by atoms with Crippen molar-refractivity contribution >= 4 is 57.0 Å². The quantitative estimate of drug-likeness (QED) is 0.497. The molecule has 0 saturated heterocycles. The number of hydrogen-bond donors (Lipinski definition) is 2. The third-order valence-electron chi connectivity index (χ3n) is 4.47. The number of benzene rings is 2.